The van der Waals surface area contributed by atoms with Crippen molar-refractivity contribution < 1.29 is 19.4 Å². The van der Waals surface area contributed by atoms with Gasteiger partial charge >= 0.3 is 5.97 Å². The Hall–Kier alpha value is -2.42. The van der Waals surface area contributed by atoms with E-state index in [9.17, 15) is 4.79 Å². The first-order chi connectivity index (χ1) is 11.5. The van der Waals surface area contributed by atoms with Gasteiger partial charge in [-0.2, -0.15) is 0 Å². The number of carbonyl (C=O) groups is 1. The van der Waals surface area contributed by atoms with Gasteiger partial charge in [0.05, 0.1) is 17.2 Å². The van der Waals surface area contributed by atoms with Gasteiger partial charge in [-0.1, -0.05) is 0 Å². The van der Waals surface area contributed by atoms with E-state index < -0.39 is 12.1 Å². The van der Waals surface area contributed by atoms with Gasteiger partial charge in [0.15, 0.2) is 6.10 Å². The Bertz CT molecular complexity index is 883. The summed E-state index contributed by atoms with van der Waals surface area (Å²) < 4.78 is 12.0. The van der Waals surface area contributed by atoms with E-state index >= 15 is 0 Å². The monoisotopic (exact) mass is 436 g/mol. The molecule has 0 saturated heterocycles. The van der Waals surface area contributed by atoms with Crippen LogP contribution in [-0.2, 0) is 4.79 Å². The zero-order chi connectivity index (χ0) is 17.1. The molecule has 0 unspecified atom stereocenters. The van der Waals surface area contributed by atoms with Gasteiger partial charge in [-0.15, -0.1) is 0 Å². The van der Waals surface area contributed by atoms with Crippen LogP contribution in [-0.4, -0.2) is 27.1 Å². The van der Waals surface area contributed by atoms with Crippen LogP contribution >= 0.6 is 22.6 Å². The second-order valence-electron chi connectivity index (χ2n) is 5.01. The Morgan fingerprint density at radius 2 is 1.83 bits per heavy atom. The van der Waals surface area contributed by atoms with Crippen molar-refractivity contribution in [2.45, 2.75) is 13.0 Å². The third-order valence-electron chi connectivity index (χ3n) is 3.19. The van der Waals surface area contributed by atoms with E-state index in [1.54, 1.807) is 30.5 Å². The van der Waals surface area contributed by atoms with E-state index in [0.717, 1.165) is 14.6 Å². The Kier molecular flexibility index (Phi) is 4.79. The maximum absolute atomic E-state index is 10.8. The molecule has 6 nitrogen and oxygen atoms in total. The fraction of sp³-hybridized carbons (Fsp3) is 0.118. The van der Waals surface area contributed by atoms with E-state index in [1.807, 2.05) is 18.2 Å². The molecule has 0 aliphatic rings. The van der Waals surface area contributed by atoms with Crippen LogP contribution in [0.2, 0.25) is 0 Å². The number of rotatable bonds is 5. The van der Waals surface area contributed by atoms with Crippen LogP contribution in [0.25, 0.3) is 11.0 Å². The Labute approximate surface area is 151 Å². The molecule has 3 rings (SSSR count). The van der Waals surface area contributed by atoms with Crippen LogP contribution in [0.4, 0.5) is 0 Å². The number of aromatic nitrogens is 2. The average molecular weight is 436 g/mol. The van der Waals surface area contributed by atoms with Gasteiger partial charge in [-0.25, -0.2) is 14.8 Å². The molecule has 0 amide bonds. The van der Waals surface area contributed by atoms with Gasteiger partial charge in [0.25, 0.3) is 0 Å². The minimum atomic E-state index is -1.02. The first-order valence-corrected chi connectivity index (χ1v) is 8.19. The zero-order valence-corrected chi connectivity index (χ0v) is 14.8. The van der Waals surface area contributed by atoms with E-state index in [2.05, 4.69) is 32.6 Å². The second kappa shape index (κ2) is 7.00. The molecule has 0 radical (unpaired) electrons. The summed E-state index contributed by atoms with van der Waals surface area (Å²) in [5.74, 6) is 0.384. The highest BCUT2D eigenvalue weighted by atomic mass is 127. The number of ether oxygens (including phenoxy) is 2. The summed E-state index contributed by atoms with van der Waals surface area (Å²) in [5, 5.41) is 8.83. The van der Waals surface area contributed by atoms with Crippen molar-refractivity contribution >= 4 is 39.6 Å². The van der Waals surface area contributed by atoms with Crippen molar-refractivity contribution in [3.63, 3.8) is 0 Å². The van der Waals surface area contributed by atoms with Crippen molar-refractivity contribution in [2.75, 3.05) is 0 Å². The summed E-state index contributed by atoms with van der Waals surface area (Å²) in [5.41, 5.74) is 1.56. The number of fused-ring (bicyclic) bond motifs is 1. The molecule has 0 spiro atoms. The Morgan fingerprint density at radius 3 is 2.54 bits per heavy atom. The fourth-order valence-corrected chi connectivity index (χ4v) is 2.45. The topological polar surface area (TPSA) is 81.5 Å². The Morgan fingerprint density at radius 1 is 1.12 bits per heavy atom. The predicted molar refractivity (Wildman–Crippen MR) is 96.5 cm³/mol. The molecule has 122 valence electrons. The predicted octanol–water partition coefficient (Wildman–Crippen LogP) is 3.88. The number of aliphatic carboxylic acids is 1. The van der Waals surface area contributed by atoms with Crippen LogP contribution in [0.5, 0.6) is 17.4 Å². The summed E-state index contributed by atoms with van der Waals surface area (Å²) in [6, 6.07) is 12.5. The van der Waals surface area contributed by atoms with Gasteiger partial charge in [0.1, 0.15) is 11.5 Å². The molecule has 0 saturated carbocycles. The smallest absolute Gasteiger partial charge is 0.344 e. The van der Waals surface area contributed by atoms with Crippen LogP contribution in [0, 0.1) is 3.57 Å². The number of nitrogens with zero attached hydrogens (tertiary/aromatic N) is 2. The lowest BCUT2D eigenvalue weighted by Crippen LogP contribution is -2.22. The zero-order valence-electron chi connectivity index (χ0n) is 12.6. The molecular formula is C17H13IN2O4. The van der Waals surface area contributed by atoms with Crippen molar-refractivity contribution in [1.29, 1.82) is 0 Å². The second-order valence-corrected chi connectivity index (χ2v) is 6.26. The molecule has 0 aliphatic carbocycles. The van der Waals surface area contributed by atoms with Gasteiger partial charge in [-0.3, -0.25) is 0 Å². The quantitative estimate of drug-likeness (QED) is 0.612. The van der Waals surface area contributed by atoms with Crippen LogP contribution in [0.3, 0.4) is 0 Å². The number of carboxylic acid groups (broad SMARTS) is 1. The van der Waals surface area contributed by atoms with Crippen molar-refractivity contribution in [3.8, 4) is 17.4 Å². The molecule has 0 aliphatic heterocycles. The molecule has 3 aromatic rings. The molecule has 1 atom stereocenters. The molecule has 2 aromatic carbocycles. The molecule has 1 aromatic heterocycles. The Balaban J connectivity index is 1.75. The number of halogens is 1. The fourth-order valence-electron chi connectivity index (χ4n) is 1.98. The lowest BCUT2D eigenvalue weighted by molar-refractivity contribution is -0.144. The summed E-state index contributed by atoms with van der Waals surface area (Å²) in [4.78, 5) is 19.5. The lowest BCUT2D eigenvalue weighted by atomic mass is 10.3. The van der Waals surface area contributed by atoms with Crippen LogP contribution in [0.15, 0.2) is 48.7 Å². The number of hydrogen-bond donors (Lipinski definition) is 1. The SMILES string of the molecule is C[C@@H](Oc1ccc(Oc2cnc3ccc(I)cc3n2)cc1)C(=O)O. The van der Waals surface area contributed by atoms with Crippen molar-refractivity contribution in [3.05, 3.63) is 52.2 Å². The first kappa shape index (κ1) is 16.4. The molecule has 0 bridgehead atoms. The molecule has 1 N–H and O–H groups in total. The summed E-state index contributed by atoms with van der Waals surface area (Å²) in [6.45, 7) is 1.47. The van der Waals surface area contributed by atoms with Gasteiger partial charge in [0.2, 0.25) is 5.88 Å². The minimum Gasteiger partial charge on any atom is -0.479 e. The number of carboxylic acids is 1. The third kappa shape index (κ3) is 3.91. The minimum absolute atomic E-state index is 0.386. The normalized spacial score (nSPS) is 11.9. The first-order valence-electron chi connectivity index (χ1n) is 7.11. The highest BCUT2D eigenvalue weighted by Crippen LogP contribution is 2.24. The maximum Gasteiger partial charge on any atom is 0.344 e. The standard InChI is InChI=1S/C17H13IN2O4/c1-10(17(21)22)23-12-3-5-13(6-4-12)24-16-9-19-14-7-2-11(18)8-15(14)20-16/h2-10H,1H3,(H,21,22)/t10-/m1/s1. The highest BCUT2D eigenvalue weighted by molar-refractivity contribution is 14.1. The molecule has 7 heteroatoms. The average Bonchev–Trinajstić information content (AvgIpc) is 2.56. The largest absolute Gasteiger partial charge is 0.479 e. The maximum atomic E-state index is 10.8. The molecule has 0 fully saturated rings. The molecular weight excluding hydrogens is 423 g/mol. The number of benzene rings is 2. The molecule has 1 heterocycles. The molecule has 24 heavy (non-hydrogen) atoms. The third-order valence-corrected chi connectivity index (χ3v) is 3.86. The van der Waals surface area contributed by atoms with E-state index in [-0.39, 0.29) is 0 Å². The summed E-state index contributed by atoms with van der Waals surface area (Å²) >= 11 is 2.22. The summed E-state index contributed by atoms with van der Waals surface area (Å²) in [7, 11) is 0. The van der Waals surface area contributed by atoms with Gasteiger partial charge in [0, 0.05) is 3.57 Å². The highest BCUT2D eigenvalue weighted by Gasteiger charge is 2.12. The number of hydrogen-bond acceptors (Lipinski definition) is 5. The van der Waals surface area contributed by atoms with E-state index in [1.165, 1.54) is 6.92 Å². The summed E-state index contributed by atoms with van der Waals surface area (Å²) in [6.07, 6.45) is 0.650. The van der Waals surface area contributed by atoms with Crippen LogP contribution in [0.1, 0.15) is 6.92 Å². The van der Waals surface area contributed by atoms with Gasteiger partial charge in [-0.05, 0) is 72.0 Å². The van der Waals surface area contributed by atoms with Gasteiger partial charge < -0.3 is 14.6 Å². The van der Waals surface area contributed by atoms with E-state index in [4.69, 9.17) is 14.6 Å². The van der Waals surface area contributed by atoms with Crippen molar-refractivity contribution in [1.82, 2.24) is 9.97 Å². The van der Waals surface area contributed by atoms with Crippen molar-refractivity contribution in [2.24, 2.45) is 0 Å². The van der Waals surface area contributed by atoms with E-state index in [0.29, 0.717) is 17.4 Å². The van der Waals surface area contributed by atoms with Crippen LogP contribution < -0.4 is 9.47 Å². The lowest BCUT2D eigenvalue weighted by Gasteiger charge is -2.11.